The fourth-order valence-corrected chi connectivity index (χ4v) is 4.12. The Morgan fingerprint density at radius 3 is 2.59 bits per heavy atom. The molecule has 3 aromatic rings. The fourth-order valence-electron chi connectivity index (χ4n) is 3.46. The lowest BCUT2D eigenvalue weighted by Crippen LogP contribution is -2.47. The van der Waals surface area contributed by atoms with Gasteiger partial charge in [0.05, 0.1) is 12.2 Å². The van der Waals surface area contributed by atoms with Crippen LogP contribution in [0.15, 0.2) is 30.5 Å². The van der Waals surface area contributed by atoms with Crippen LogP contribution in [0.1, 0.15) is 21.8 Å². The highest BCUT2D eigenvalue weighted by Crippen LogP contribution is 2.30. The summed E-state index contributed by atoms with van der Waals surface area (Å²) < 4.78 is 39.1. The van der Waals surface area contributed by atoms with Crippen molar-refractivity contribution >= 4 is 40.5 Å². The van der Waals surface area contributed by atoms with Gasteiger partial charge in [0.1, 0.15) is 0 Å². The first-order valence-corrected chi connectivity index (χ1v) is 11.5. The number of rotatable bonds is 7. The van der Waals surface area contributed by atoms with Crippen molar-refractivity contribution in [3.05, 3.63) is 52.3 Å². The Hall–Kier alpha value is -3.09. The first kappa shape index (κ1) is 24.0. The number of nitrogens with zero attached hydrogens (tertiary/aromatic N) is 6. The van der Waals surface area contributed by atoms with Gasteiger partial charge in [0, 0.05) is 43.8 Å². The van der Waals surface area contributed by atoms with Crippen LogP contribution in [0.4, 0.5) is 30.2 Å². The predicted octanol–water partition coefficient (Wildman–Crippen LogP) is 3.68. The Labute approximate surface area is 198 Å². The molecule has 0 unspecified atom stereocenters. The summed E-state index contributed by atoms with van der Waals surface area (Å²) in [6.45, 7) is 5.54. The third kappa shape index (κ3) is 6.27. The Balaban J connectivity index is 1.60. The lowest BCUT2D eigenvalue weighted by atomic mass is 10.1. The first-order valence-electron chi connectivity index (χ1n) is 10.7. The van der Waals surface area contributed by atoms with Crippen molar-refractivity contribution in [1.29, 1.82) is 0 Å². The van der Waals surface area contributed by atoms with Gasteiger partial charge in [-0.15, -0.1) is 11.3 Å². The highest BCUT2D eigenvalue weighted by molar-refractivity contribution is 7.15. The number of β-amino-alcohol motifs (C(OH)–C–C–N with tert-alkyl or cyclic N) is 1. The van der Waals surface area contributed by atoms with Gasteiger partial charge in [0.25, 0.3) is 0 Å². The zero-order valence-corrected chi connectivity index (χ0v) is 19.3. The van der Waals surface area contributed by atoms with E-state index in [-0.39, 0.29) is 6.61 Å². The molecular weight excluding hydrogens is 467 g/mol. The maximum Gasteiger partial charge on any atom is 0.416 e. The van der Waals surface area contributed by atoms with E-state index in [4.69, 9.17) is 5.11 Å². The third-order valence-corrected chi connectivity index (χ3v) is 6.02. The van der Waals surface area contributed by atoms with E-state index in [1.807, 2.05) is 11.8 Å². The molecule has 4 rings (SSSR count). The van der Waals surface area contributed by atoms with Crippen LogP contribution in [-0.2, 0) is 6.18 Å². The number of hydrogen-bond acceptors (Lipinski definition) is 9. The summed E-state index contributed by atoms with van der Waals surface area (Å²) in [6.07, 6.45) is 0.445. The molecule has 0 spiro atoms. The van der Waals surface area contributed by atoms with Gasteiger partial charge in [-0.2, -0.15) is 28.1 Å². The van der Waals surface area contributed by atoms with Crippen LogP contribution in [0.3, 0.4) is 0 Å². The molecule has 0 aliphatic carbocycles. The number of aliphatic hydroxyl groups excluding tert-OH is 1. The molecule has 8 nitrogen and oxygen atoms in total. The molecule has 0 radical (unpaired) electrons. The number of nitrogens with one attached hydrogen (secondary N) is 1. The van der Waals surface area contributed by atoms with Gasteiger partial charge < -0.3 is 10.0 Å². The molecular formula is C22H24F3N7OS. The summed E-state index contributed by atoms with van der Waals surface area (Å²) in [7, 11) is 0. The molecule has 34 heavy (non-hydrogen) atoms. The standard InChI is InChI=1S/C22H24F3N7OS/c1-15-14-26-21(34-15)30-19-27-18(6-5-16-3-2-4-17(13-16)22(23,24)25)28-20(29-19)32-9-7-31(8-10-32)11-12-33/h2-6,13-14,33H,7-12H2,1H3,(H,26,27,28,29,30). The summed E-state index contributed by atoms with van der Waals surface area (Å²) in [5.41, 5.74) is -0.326. The normalized spacial score (nSPS) is 15.3. The van der Waals surface area contributed by atoms with Gasteiger partial charge in [0.2, 0.25) is 11.9 Å². The van der Waals surface area contributed by atoms with E-state index >= 15 is 0 Å². The molecule has 1 fully saturated rings. The van der Waals surface area contributed by atoms with Crippen molar-refractivity contribution < 1.29 is 18.3 Å². The molecule has 1 saturated heterocycles. The van der Waals surface area contributed by atoms with Crippen LogP contribution in [-0.4, -0.2) is 69.3 Å². The third-order valence-electron chi connectivity index (χ3n) is 5.19. The average molecular weight is 492 g/mol. The molecule has 180 valence electrons. The van der Waals surface area contributed by atoms with Gasteiger partial charge in [-0.25, -0.2) is 4.98 Å². The predicted molar refractivity (Wildman–Crippen MR) is 126 cm³/mol. The molecule has 0 amide bonds. The zero-order valence-electron chi connectivity index (χ0n) is 18.5. The molecule has 0 atom stereocenters. The smallest absolute Gasteiger partial charge is 0.395 e. The maximum atomic E-state index is 13.0. The van der Waals surface area contributed by atoms with E-state index in [1.54, 1.807) is 24.4 Å². The number of halogens is 3. The number of aliphatic hydroxyl groups is 1. The highest BCUT2D eigenvalue weighted by atomic mass is 32.1. The Bertz CT molecular complexity index is 1140. The minimum absolute atomic E-state index is 0.109. The molecule has 12 heteroatoms. The Kier molecular flexibility index (Phi) is 7.39. The number of aryl methyl sites for hydroxylation is 1. The van der Waals surface area contributed by atoms with Crippen molar-refractivity contribution in [3.63, 3.8) is 0 Å². The van der Waals surface area contributed by atoms with Crippen molar-refractivity contribution in [2.24, 2.45) is 0 Å². The second-order valence-corrected chi connectivity index (χ2v) is 8.96. The average Bonchev–Trinajstić information content (AvgIpc) is 3.22. The summed E-state index contributed by atoms with van der Waals surface area (Å²) in [5.74, 6) is 1.09. The maximum absolute atomic E-state index is 13.0. The second kappa shape index (κ2) is 10.5. The summed E-state index contributed by atoms with van der Waals surface area (Å²) in [5, 5.41) is 12.9. The Morgan fingerprint density at radius 1 is 1.12 bits per heavy atom. The molecule has 0 saturated carbocycles. The van der Waals surface area contributed by atoms with E-state index in [2.05, 4.69) is 30.2 Å². The number of benzene rings is 1. The minimum Gasteiger partial charge on any atom is -0.395 e. The van der Waals surface area contributed by atoms with Gasteiger partial charge in [0.15, 0.2) is 11.0 Å². The van der Waals surface area contributed by atoms with Crippen molar-refractivity contribution in [3.8, 4) is 0 Å². The summed E-state index contributed by atoms with van der Waals surface area (Å²) in [6, 6.07) is 5.07. The minimum atomic E-state index is -4.41. The monoisotopic (exact) mass is 491 g/mol. The van der Waals surface area contributed by atoms with Crippen LogP contribution in [0.5, 0.6) is 0 Å². The van der Waals surface area contributed by atoms with Crippen molar-refractivity contribution in [2.75, 3.05) is 49.5 Å². The Morgan fingerprint density at radius 2 is 1.91 bits per heavy atom. The van der Waals surface area contributed by atoms with Gasteiger partial charge in [-0.3, -0.25) is 10.2 Å². The second-order valence-electron chi connectivity index (χ2n) is 7.73. The molecule has 0 bridgehead atoms. The quantitative estimate of drug-likeness (QED) is 0.517. The number of piperazine rings is 1. The molecule has 1 aliphatic rings. The van der Waals surface area contributed by atoms with Crippen molar-refractivity contribution in [1.82, 2.24) is 24.8 Å². The molecule has 2 aromatic heterocycles. The largest absolute Gasteiger partial charge is 0.416 e. The van der Waals surface area contributed by atoms with E-state index in [0.717, 1.165) is 30.1 Å². The molecule has 1 aliphatic heterocycles. The summed E-state index contributed by atoms with van der Waals surface area (Å²) in [4.78, 5) is 23.0. The number of thiazole rings is 1. The SMILES string of the molecule is Cc1cnc(Nc2nc(C=Cc3cccc(C(F)(F)F)c3)nc(N3CCN(CCO)CC3)n2)s1. The number of aromatic nitrogens is 4. The topological polar surface area (TPSA) is 90.3 Å². The van der Waals surface area contributed by atoms with Gasteiger partial charge in [-0.05, 0) is 30.7 Å². The number of anilines is 3. The summed E-state index contributed by atoms with van der Waals surface area (Å²) >= 11 is 1.46. The first-order chi connectivity index (χ1) is 16.3. The van der Waals surface area contributed by atoms with Crippen LogP contribution in [0, 0.1) is 6.92 Å². The van der Waals surface area contributed by atoms with Crippen LogP contribution >= 0.6 is 11.3 Å². The highest BCUT2D eigenvalue weighted by Gasteiger charge is 2.30. The molecule has 2 N–H and O–H groups in total. The lowest BCUT2D eigenvalue weighted by Gasteiger charge is -2.34. The van der Waals surface area contributed by atoms with Gasteiger partial charge in [-0.1, -0.05) is 18.2 Å². The number of hydrogen-bond donors (Lipinski definition) is 2. The fraction of sp³-hybridized carbons (Fsp3) is 0.364. The van der Waals surface area contributed by atoms with E-state index in [0.29, 0.717) is 48.1 Å². The molecule has 3 heterocycles. The van der Waals surface area contributed by atoms with E-state index in [1.165, 1.54) is 17.4 Å². The molecule has 1 aromatic carbocycles. The zero-order chi connectivity index (χ0) is 24.1. The van der Waals surface area contributed by atoms with Crippen molar-refractivity contribution in [2.45, 2.75) is 13.1 Å². The van der Waals surface area contributed by atoms with E-state index < -0.39 is 11.7 Å². The van der Waals surface area contributed by atoms with Crippen LogP contribution in [0.25, 0.3) is 12.2 Å². The van der Waals surface area contributed by atoms with Crippen LogP contribution < -0.4 is 10.2 Å². The van der Waals surface area contributed by atoms with Crippen LogP contribution in [0.2, 0.25) is 0 Å². The lowest BCUT2D eigenvalue weighted by molar-refractivity contribution is -0.137. The van der Waals surface area contributed by atoms with E-state index in [9.17, 15) is 13.2 Å². The van der Waals surface area contributed by atoms with Gasteiger partial charge >= 0.3 is 6.18 Å². The number of alkyl halides is 3.